The summed E-state index contributed by atoms with van der Waals surface area (Å²) < 4.78 is 10.7. The van der Waals surface area contributed by atoms with Crippen molar-refractivity contribution in [3.63, 3.8) is 0 Å². The van der Waals surface area contributed by atoms with Crippen LogP contribution in [0.15, 0.2) is 5.10 Å². The molecule has 0 aromatic carbocycles. The maximum absolute atomic E-state index is 10.7. The van der Waals surface area contributed by atoms with Crippen molar-refractivity contribution in [2.24, 2.45) is 5.10 Å². The van der Waals surface area contributed by atoms with Crippen molar-refractivity contribution >= 4 is 25.4 Å². The fraction of sp³-hybridized carbons (Fsp3) is 0.750. The van der Waals surface area contributed by atoms with Gasteiger partial charge in [-0.15, -0.1) is 10.2 Å². The first-order valence-electron chi connectivity index (χ1n) is 3.54. The van der Waals surface area contributed by atoms with Gasteiger partial charge in [0.15, 0.2) is 0 Å². The van der Waals surface area contributed by atoms with E-state index in [0.29, 0.717) is 6.54 Å². The van der Waals surface area contributed by atoms with Crippen molar-refractivity contribution in [3.8, 4) is 0 Å². The highest BCUT2D eigenvalue weighted by molar-refractivity contribution is 7.96. The van der Waals surface area contributed by atoms with Gasteiger partial charge in [-0.2, -0.15) is 0 Å². The maximum atomic E-state index is 10.7. The van der Waals surface area contributed by atoms with Crippen LogP contribution in [0.25, 0.3) is 0 Å². The Bertz CT molecular complexity index is 266. The van der Waals surface area contributed by atoms with Crippen LogP contribution in [0.1, 0.15) is 6.92 Å². The molecule has 75 valence electrons. The van der Waals surface area contributed by atoms with Crippen molar-refractivity contribution in [1.29, 1.82) is 0 Å². The fourth-order valence-corrected chi connectivity index (χ4v) is 1.74. The summed E-state index contributed by atoms with van der Waals surface area (Å²) in [6.45, 7) is 2.32. The van der Waals surface area contributed by atoms with E-state index in [0.717, 1.165) is 0 Å². The van der Waals surface area contributed by atoms with Gasteiger partial charge in [-0.1, -0.05) is 0 Å². The molecule has 0 spiro atoms. The minimum Gasteiger partial charge on any atom is -0.323 e. The number of hydrogen-bond donors (Lipinski definition) is 3. The maximum Gasteiger partial charge on any atom is 0.343 e. The van der Waals surface area contributed by atoms with Crippen molar-refractivity contribution in [2.45, 2.75) is 6.92 Å². The van der Waals surface area contributed by atoms with Gasteiger partial charge in [-0.25, -0.2) is 5.53 Å². The minimum atomic E-state index is -4.09. The molecule has 13 heavy (non-hydrogen) atoms. The minimum absolute atomic E-state index is 0.274. The first-order valence-corrected chi connectivity index (χ1v) is 5.74. The number of rotatable bonds is 3. The van der Waals surface area contributed by atoms with Crippen LogP contribution in [-0.4, -0.2) is 37.9 Å². The molecule has 0 bridgehead atoms. The van der Waals surface area contributed by atoms with Gasteiger partial charge in [0, 0.05) is 6.54 Å². The topological polar surface area (TPSA) is 88.4 Å². The van der Waals surface area contributed by atoms with E-state index in [4.69, 9.17) is 22.4 Å². The molecule has 0 fully saturated rings. The normalized spacial score (nSPS) is 18.7. The highest BCUT2D eigenvalue weighted by Gasteiger charge is 2.28. The summed E-state index contributed by atoms with van der Waals surface area (Å²) in [7, 11) is -4.09. The van der Waals surface area contributed by atoms with E-state index >= 15 is 0 Å². The summed E-state index contributed by atoms with van der Waals surface area (Å²) in [5.74, 6) is 0. The molecular formula is C4H10N4O3PS. The lowest BCUT2D eigenvalue weighted by Crippen LogP contribution is -2.44. The van der Waals surface area contributed by atoms with E-state index in [9.17, 15) is 4.57 Å². The third-order valence-electron chi connectivity index (χ3n) is 1.39. The van der Waals surface area contributed by atoms with Crippen LogP contribution in [-0.2, 0) is 4.57 Å². The monoisotopic (exact) mass is 225 g/mol. The lowest BCUT2D eigenvalue weighted by Gasteiger charge is -2.26. The number of hydrazone groups is 1. The molecule has 0 amide bonds. The molecule has 0 saturated heterocycles. The fourth-order valence-electron chi connectivity index (χ4n) is 0.904. The molecule has 1 radical (unpaired) electrons. The molecule has 1 rings (SSSR count). The van der Waals surface area contributed by atoms with E-state index in [-0.39, 0.29) is 5.17 Å². The largest absolute Gasteiger partial charge is 0.343 e. The molecule has 9 heteroatoms. The van der Waals surface area contributed by atoms with Crippen LogP contribution in [0.5, 0.6) is 0 Å². The highest BCUT2D eigenvalue weighted by Crippen LogP contribution is 2.35. The first kappa shape index (κ1) is 10.7. The van der Waals surface area contributed by atoms with Gasteiger partial charge < -0.3 is 9.79 Å². The van der Waals surface area contributed by atoms with Gasteiger partial charge >= 0.3 is 7.60 Å². The molecule has 1 heterocycles. The second-order valence-electron chi connectivity index (χ2n) is 2.42. The van der Waals surface area contributed by atoms with E-state index in [1.54, 1.807) is 0 Å². The molecule has 0 atom stereocenters. The summed E-state index contributed by atoms with van der Waals surface area (Å²) in [6.07, 6.45) is -0.440. The number of amidine groups is 1. The standard InChI is InChI=1S/C4H10N4O3PS/c1-2-7-4(13)5-6-8(7)3-12(9,10)11/h6H,2-3H2,1H3,(H2,9,10,11). The van der Waals surface area contributed by atoms with Crippen molar-refractivity contribution in [2.75, 3.05) is 12.8 Å². The molecule has 3 N–H and O–H groups in total. The summed E-state index contributed by atoms with van der Waals surface area (Å²) >= 11 is 4.81. The van der Waals surface area contributed by atoms with Gasteiger partial charge in [0.05, 0.1) is 0 Å². The Labute approximate surface area is 80.9 Å². The van der Waals surface area contributed by atoms with E-state index < -0.39 is 13.9 Å². The van der Waals surface area contributed by atoms with Crippen LogP contribution < -0.4 is 5.53 Å². The Morgan fingerprint density at radius 1 is 1.69 bits per heavy atom. The zero-order valence-electron chi connectivity index (χ0n) is 6.91. The SMILES string of the molecule is CCN1C([S])=NNN1CP(=O)(O)O. The number of hydrogen-bond acceptors (Lipinski definition) is 5. The number of nitrogens with one attached hydrogen (secondary N) is 1. The van der Waals surface area contributed by atoms with Gasteiger partial charge in [-0.3, -0.25) is 9.57 Å². The third kappa shape index (κ3) is 2.78. The van der Waals surface area contributed by atoms with E-state index in [1.165, 1.54) is 10.1 Å². The zero-order chi connectivity index (χ0) is 10.1. The summed E-state index contributed by atoms with van der Waals surface area (Å²) in [5, 5.41) is 6.58. The average molecular weight is 225 g/mol. The Morgan fingerprint density at radius 2 is 2.31 bits per heavy atom. The van der Waals surface area contributed by atoms with Gasteiger partial charge in [0.25, 0.3) is 0 Å². The first-order chi connectivity index (χ1) is 5.94. The molecule has 0 aliphatic carbocycles. The van der Waals surface area contributed by atoms with Crippen LogP contribution in [0.3, 0.4) is 0 Å². The zero-order valence-corrected chi connectivity index (χ0v) is 8.62. The Kier molecular flexibility index (Phi) is 3.09. The summed E-state index contributed by atoms with van der Waals surface area (Å²) in [5.41, 5.74) is 2.41. The van der Waals surface area contributed by atoms with Crippen LogP contribution in [0.2, 0.25) is 0 Å². The predicted octanol–water partition coefficient (Wildman–Crippen LogP) is -0.353. The second kappa shape index (κ2) is 3.77. The molecule has 0 saturated carbocycles. The van der Waals surface area contributed by atoms with Gasteiger partial charge in [-0.05, 0) is 19.6 Å². The summed E-state index contributed by atoms with van der Waals surface area (Å²) in [4.78, 5) is 17.4. The Balaban J connectivity index is 2.60. The van der Waals surface area contributed by atoms with Crippen LogP contribution in [0, 0.1) is 0 Å². The molecule has 7 nitrogen and oxygen atoms in total. The third-order valence-corrected chi connectivity index (χ3v) is 2.33. The Morgan fingerprint density at radius 3 is 2.77 bits per heavy atom. The van der Waals surface area contributed by atoms with Crippen molar-refractivity contribution in [3.05, 3.63) is 0 Å². The van der Waals surface area contributed by atoms with Gasteiger partial charge in [0.2, 0.25) is 5.17 Å². The molecule has 0 aromatic heterocycles. The predicted molar refractivity (Wildman–Crippen MR) is 49.3 cm³/mol. The van der Waals surface area contributed by atoms with Crippen LogP contribution in [0.4, 0.5) is 0 Å². The lowest BCUT2D eigenvalue weighted by molar-refractivity contribution is 0.0373. The highest BCUT2D eigenvalue weighted by atomic mass is 32.1. The molecule has 1 aliphatic heterocycles. The van der Waals surface area contributed by atoms with Crippen molar-refractivity contribution in [1.82, 2.24) is 15.7 Å². The van der Waals surface area contributed by atoms with E-state index in [2.05, 4.69) is 10.6 Å². The molecule has 1 aliphatic rings. The number of nitrogens with zero attached hydrogens (tertiary/aromatic N) is 3. The quantitative estimate of drug-likeness (QED) is 0.569. The molecular weight excluding hydrogens is 215 g/mol. The Hall–Kier alpha value is -0.400. The van der Waals surface area contributed by atoms with Gasteiger partial charge in [0.1, 0.15) is 6.29 Å². The average Bonchev–Trinajstić information content (AvgIpc) is 2.28. The number of hydrazine groups is 2. The second-order valence-corrected chi connectivity index (χ2v) is 4.39. The molecule has 0 unspecified atom stereocenters. The lowest BCUT2D eigenvalue weighted by atomic mass is 10.7. The summed E-state index contributed by atoms with van der Waals surface area (Å²) in [6, 6.07) is 0. The van der Waals surface area contributed by atoms with E-state index in [1.807, 2.05) is 6.92 Å². The smallest absolute Gasteiger partial charge is 0.323 e. The van der Waals surface area contributed by atoms with Crippen molar-refractivity contribution < 1.29 is 14.4 Å². The van der Waals surface area contributed by atoms with Crippen LogP contribution >= 0.6 is 20.2 Å². The molecule has 0 aromatic rings.